The van der Waals surface area contributed by atoms with Crippen LogP contribution in [0, 0.1) is 0 Å². The van der Waals surface area contributed by atoms with Gasteiger partial charge in [0.25, 0.3) is 0 Å². The number of hydrogen-bond donors (Lipinski definition) is 0. The van der Waals surface area contributed by atoms with Gasteiger partial charge >= 0.3 is 0 Å². The molecule has 82 heavy (non-hydrogen) atoms. The Morgan fingerprint density at radius 1 is 0.220 bits per heavy atom. The molecule has 0 aliphatic carbocycles. The predicted molar refractivity (Wildman–Crippen MR) is 336 cm³/mol. The zero-order chi connectivity index (χ0) is 53.8. The van der Waals surface area contributed by atoms with E-state index in [0.29, 0.717) is 17.6 Å². The van der Waals surface area contributed by atoms with E-state index >= 15 is 0 Å². The van der Waals surface area contributed by atoms with Gasteiger partial charge in [-0.15, -0.1) is 0 Å². The van der Waals surface area contributed by atoms with E-state index in [-0.39, 0.29) is 0 Å². The van der Waals surface area contributed by atoms with Crippen molar-refractivity contribution in [3.05, 3.63) is 273 Å². The summed E-state index contributed by atoms with van der Waals surface area (Å²) < 4.78 is 17.3. The summed E-state index contributed by atoms with van der Waals surface area (Å²) in [5.74, 6) is 1.59. The van der Waals surface area contributed by atoms with Crippen LogP contribution in [0.5, 0.6) is 0 Å². The van der Waals surface area contributed by atoms with Crippen LogP contribution in [0.2, 0.25) is 0 Å². The normalized spacial score (nSPS) is 11.9. The van der Waals surface area contributed by atoms with Gasteiger partial charge in [0, 0.05) is 59.9 Å². The van der Waals surface area contributed by atoms with Crippen molar-refractivity contribution >= 4 is 87.5 Å². The van der Waals surface area contributed by atoms with Crippen LogP contribution in [0.1, 0.15) is 0 Å². The van der Waals surface area contributed by atoms with E-state index in [9.17, 15) is 0 Å². The van der Waals surface area contributed by atoms with Gasteiger partial charge in [-0.2, -0.15) is 9.97 Å². The lowest BCUT2D eigenvalue weighted by atomic mass is 9.94. The average Bonchev–Trinajstić information content (AvgIpc) is 2.80. The summed E-state index contributed by atoms with van der Waals surface area (Å²) in [4.78, 5) is 16.3. The van der Waals surface area contributed by atoms with E-state index in [1.54, 1.807) is 0 Å². The average molecular weight is 1050 g/mol. The van der Waals surface area contributed by atoms with Gasteiger partial charge in [-0.3, -0.25) is 4.57 Å². The highest BCUT2D eigenvalue weighted by molar-refractivity contribution is 6.19. The number of hydrogen-bond acceptors (Lipinski definition) is 5. The molecule has 5 heterocycles. The van der Waals surface area contributed by atoms with Gasteiger partial charge in [0.1, 0.15) is 22.3 Å². The number of furan rings is 2. The van der Waals surface area contributed by atoms with Crippen molar-refractivity contribution in [1.82, 2.24) is 24.1 Å². The Labute approximate surface area is 469 Å². The van der Waals surface area contributed by atoms with Gasteiger partial charge < -0.3 is 13.4 Å². The maximum absolute atomic E-state index is 6.31. The summed E-state index contributed by atoms with van der Waals surface area (Å²) in [5, 5.41) is 8.56. The zero-order valence-electron chi connectivity index (χ0n) is 44.0. The van der Waals surface area contributed by atoms with E-state index in [0.717, 1.165) is 127 Å². The second-order valence-corrected chi connectivity index (χ2v) is 21.2. The summed E-state index contributed by atoms with van der Waals surface area (Å²) in [7, 11) is 0. The van der Waals surface area contributed by atoms with Crippen molar-refractivity contribution in [1.29, 1.82) is 0 Å². The quantitative estimate of drug-likeness (QED) is 0.152. The third-order valence-corrected chi connectivity index (χ3v) is 16.3. The molecule has 0 aliphatic heterocycles. The molecule has 0 bridgehead atoms. The van der Waals surface area contributed by atoms with Crippen molar-refractivity contribution in [3.63, 3.8) is 0 Å². The van der Waals surface area contributed by atoms with E-state index in [2.05, 4.69) is 221 Å². The molecule has 382 valence electrons. The van der Waals surface area contributed by atoms with Gasteiger partial charge in [0.05, 0.1) is 22.1 Å². The third-order valence-electron chi connectivity index (χ3n) is 16.3. The minimum Gasteiger partial charge on any atom is -0.456 e. The predicted octanol–water partition coefficient (Wildman–Crippen LogP) is 19.9. The Balaban J connectivity index is 0.919. The van der Waals surface area contributed by atoms with Crippen molar-refractivity contribution in [2.24, 2.45) is 0 Å². The molecule has 7 heteroatoms. The number of fused-ring (bicyclic) bond motifs is 12. The standard InChI is InChI=1S/C75H45N5O2/c1-3-17-46(18-4-1)48-21-15-23-50(37-48)54-39-55(51-24-16-22-49(38-51)47-19-5-2-6-20-47)41-56(40-54)79-65-29-11-7-25-57(65)61-44-62-58-26-8-12-30-66(58)80(68(62)45-67(61)79)75-77-73(52-33-35-71-63(42-52)59-27-9-13-31-69(59)81-71)76-74(78-75)53-34-36-72-64(43-53)60-28-10-14-32-70(60)82-72/h1-45H. The molecule has 0 saturated carbocycles. The van der Waals surface area contributed by atoms with E-state index in [1.165, 1.54) is 22.3 Å². The number of nitrogens with zero attached hydrogens (tertiary/aromatic N) is 5. The highest BCUT2D eigenvalue weighted by Gasteiger charge is 2.23. The molecule has 0 unspecified atom stereocenters. The van der Waals surface area contributed by atoms with Crippen LogP contribution in [0.3, 0.4) is 0 Å². The highest BCUT2D eigenvalue weighted by Crippen LogP contribution is 2.43. The summed E-state index contributed by atoms with van der Waals surface area (Å²) >= 11 is 0. The summed E-state index contributed by atoms with van der Waals surface area (Å²) in [6.07, 6.45) is 0. The lowest BCUT2D eigenvalue weighted by molar-refractivity contribution is 0.668. The number of rotatable bonds is 8. The largest absolute Gasteiger partial charge is 0.456 e. The van der Waals surface area contributed by atoms with Crippen LogP contribution in [-0.4, -0.2) is 24.1 Å². The van der Waals surface area contributed by atoms with Crippen LogP contribution in [0.4, 0.5) is 0 Å². The minimum absolute atomic E-state index is 0.503. The van der Waals surface area contributed by atoms with Crippen LogP contribution in [0.25, 0.3) is 166 Å². The van der Waals surface area contributed by atoms with Crippen LogP contribution < -0.4 is 0 Å². The second kappa shape index (κ2) is 18.2. The molecule has 7 nitrogen and oxygen atoms in total. The number of benzene rings is 12. The molecule has 0 aliphatic rings. The Morgan fingerprint density at radius 3 is 1.15 bits per heavy atom. The molecule has 0 fully saturated rings. The van der Waals surface area contributed by atoms with Gasteiger partial charge in [-0.25, -0.2) is 4.98 Å². The monoisotopic (exact) mass is 1050 g/mol. The molecule has 0 spiro atoms. The fourth-order valence-corrected chi connectivity index (χ4v) is 12.5. The Bertz CT molecular complexity index is 5180. The minimum atomic E-state index is 0.503. The number of para-hydroxylation sites is 4. The molecule has 0 saturated heterocycles. The van der Waals surface area contributed by atoms with Crippen molar-refractivity contribution in [3.8, 4) is 78.9 Å². The van der Waals surface area contributed by atoms with Crippen LogP contribution in [0.15, 0.2) is 282 Å². The van der Waals surface area contributed by atoms with E-state index in [1.807, 2.05) is 60.7 Å². The first-order valence-corrected chi connectivity index (χ1v) is 27.6. The Kier molecular flexibility index (Phi) is 10.2. The van der Waals surface area contributed by atoms with Gasteiger partial charge in [-0.1, -0.05) is 170 Å². The first-order chi connectivity index (χ1) is 40.6. The number of aromatic nitrogens is 5. The second-order valence-electron chi connectivity index (χ2n) is 21.2. The summed E-state index contributed by atoms with van der Waals surface area (Å²) in [5.41, 5.74) is 19.3. The van der Waals surface area contributed by atoms with Crippen LogP contribution in [-0.2, 0) is 0 Å². The maximum atomic E-state index is 6.31. The smallest absolute Gasteiger partial charge is 0.238 e. The highest BCUT2D eigenvalue weighted by atomic mass is 16.3. The molecular weight excluding hydrogens is 1000 g/mol. The van der Waals surface area contributed by atoms with Gasteiger partial charge in [0.15, 0.2) is 11.6 Å². The SMILES string of the molecule is c1ccc(-c2cccc(-c3cc(-c4cccc(-c5ccccc5)c4)cc(-n4c5ccccc5c5cc6c7ccccc7n(-c7nc(-c8ccc9oc%10ccccc%10c9c8)nc(-c8ccc9oc%10ccccc%10c9c8)n7)c6cc54)c3)c2)cc1. The molecule has 0 N–H and O–H groups in total. The topological polar surface area (TPSA) is 74.8 Å². The molecule has 12 aromatic carbocycles. The Hall–Kier alpha value is -11.2. The van der Waals surface area contributed by atoms with Crippen LogP contribution >= 0.6 is 0 Å². The molecular formula is C75H45N5O2. The molecule has 0 amide bonds. The van der Waals surface area contributed by atoms with Gasteiger partial charge in [-0.05, 0) is 148 Å². The first kappa shape index (κ1) is 45.8. The van der Waals surface area contributed by atoms with E-state index in [4.69, 9.17) is 23.8 Å². The molecule has 17 rings (SSSR count). The van der Waals surface area contributed by atoms with Gasteiger partial charge in [0.2, 0.25) is 5.95 Å². The molecule has 17 aromatic rings. The maximum Gasteiger partial charge on any atom is 0.238 e. The molecule has 0 radical (unpaired) electrons. The summed E-state index contributed by atoms with van der Waals surface area (Å²) in [6.45, 7) is 0. The van der Waals surface area contributed by atoms with E-state index < -0.39 is 0 Å². The Morgan fingerprint density at radius 2 is 0.622 bits per heavy atom. The first-order valence-electron chi connectivity index (χ1n) is 27.6. The fraction of sp³-hybridized carbons (Fsp3) is 0. The summed E-state index contributed by atoms with van der Waals surface area (Å²) in [6, 6.07) is 96.9. The lowest BCUT2D eigenvalue weighted by Crippen LogP contribution is -2.06. The van der Waals surface area contributed by atoms with Crippen molar-refractivity contribution in [2.45, 2.75) is 0 Å². The van der Waals surface area contributed by atoms with Crippen molar-refractivity contribution < 1.29 is 8.83 Å². The molecule has 5 aromatic heterocycles. The van der Waals surface area contributed by atoms with Crippen molar-refractivity contribution in [2.75, 3.05) is 0 Å². The fourth-order valence-electron chi connectivity index (χ4n) is 12.5. The lowest BCUT2D eigenvalue weighted by Gasteiger charge is -2.15. The third kappa shape index (κ3) is 7.41. The molecule has 0 atom stereocenters. The zero-order valence-corrected chi connectivity index (χ0v) is 44.0.